The van der Waals surface area contributed by atoms with Gasteiger partial charge in [-0.2, -0.15) is 0 Å². The number of hydrogen-bond acceptors (Lipinski definition) is 9. The molecule has 0 aromatic carbocycles. The van der Waals surface area contributed by atoms with Gasteiger partial charge < -0.3 is 45.2 Å². The van der Waals surface area contributed by atoms with E-state index in [-0.39, 0.29) is 39.9 Å². The maximum Gasteiger partial charge on any atom is 0.187 e. The van der Waals surface area contributed by atoms with Crippen LogP contribution in [0.3, 0.4) is 0 Å². The lowest BCUT2D eigenvalue weighted by Crippen LogP contribution is -2.68. The van der Waals surface area contributed by atoms with E-state index in [1.807, 2.05) is 20.8 Å². The zero-order valence-corrected chi connectivity index (χ0v) is 28.8. The first-order chi connectivity index (χ1) is 20.8. The molecular formula is C36H62O9. The van der Waals surface area contributed by atoms with Crippen molar-refractivity contribution in [3.8, 4) is 0 Å². The first kappa shape index (κ1) is 35.7. The van der Waals surface area contributed by atoms with Gasteiger partial charge in [0.15, 0.2) is 6.29 Å². The van der Waals surface area contributed by atoms with E-state index in [1.54, 1.807) is 0 Å². The third-order valence-corrected chi connectivity index (χ3v) is 14.5. The molecule has 1 heterocycles. The molecule has 1 aliphatic heterocycles. The topological polar surface area (TPSA) is 160 Å². The second kappa shape index (κ2) is 12.1. The van der Waals surface area contributed by atoms with Crippen LogP contribution in [0.15, 0.2) is 11.6 Å². The van der Waals surface area contributed by atoms with Gasteiger partial charge in [0.05, 0.1) is 30.5 Å². The largest absolute Gasteiger partial charge is 0.394 e. The van der Waals surface area contributed by atoms with E-state index >= 15 is 0 Å². The maximum atomic E-state index is 12.2. The molecule has 5 fully saturated rings. The molecule has 4 saturated carbocycles. The van der Waals surface area contributed by atoms with E-state index in [0.717, 1.165) is 32.1 Å². The van der Waals surface area contributed by atoms with Crippen LogP contribution in [-0.4, -0.2) is 97.0 Å². The summed E-state index contributed by atoms with van der Waals surface area (Å²) in [5.74, 6) is 0.236. The smallest absolute Gasteiger partial charge is 0.187 e. The second-order valence-electron chi connectivity index (χ2n) is 17.4. The average Bonchev–Trinajstić information content (AvgIpc) is 3.34. The highest BCUT2D eigenvalue weighted by Crippen LogP contribution is 2.76. The molecule has 0 aromatic rings. The Morgan fingerprint density at radius 2 is 1.51 bits per heavy atom. The van der Waals surface area contributed by atoms with Crippen molar-refractivity contribution < 1.29 is 45.2 Å². The van der Waals surface area contributed by atoms with Crippen LogP contribution in [-0.2, 0) is 9.47 Å². The molecule has 0 bridgehead atoms. The number of aliphatic hydroxyl groups is 7. The number of allylic oxidation sites excluding steroid dienone is 2. The first-order valence-electron chi connectivity index (χ1n) is 17.4. The Kier molecular flexibility index (Phi) is 9.56. The SMILES string of the molecule is CC(C)=CCC[C@](C)(O[C@@H]1O[C@H](CO)[C@@H](O)[C@H](O)[C@H]1O)[C@H]1CC[C@]2(C)[C@@H]1[C@H](O)C[C@@H]1[C@@]3(C)C[C@@H](O)[C@H](O)C(C)(C)[C@@H]3CC[C@]12C. The molecule has 0 unspecified atom stereocenters. The normalized spacial score (nSPS) is 52.2. The molecule has 9 nitrogen and oxygen atoms in total. The Hall–Kier alpha value is -0.620. The van der Waals surface area contributed by atoms with Crippen LogP contribution in [0.25, 0.3) is 0 Å². The monoisotopic (exact) mass is 638 g/mol. The number of hydrogen-bond donors (Lipinski definition) is 7. The Morgan fingerprint density at radius 1 is 0.867 bits per heavy atom. The fourth-order valence-electron chi connectivity index (χ4n) is 12.0. The molecule has 0 amide bonds. The maximum absolute atomic E-state index is 12.2. The van der Waals surface area contributed by atoms with Gasteiger partial charge >= 0.3 is 0 Å². The lowest BCUT2D eigenvalue weighted by molar-refractivity contribution is -0.336. The highest BCUT2D eigenvalue weighted by Gasteiger charge is 2.72. The number of ether oxygens (including phenoxy) is 2. The Bertz CT molecular complexity index is 1110. The zero-order valence-electron chi connectivity index (χ0n) is 28.8. The number of rotatable bonds is 7. The molecule has 0 aromatic heterocycles. The van der Waals surface area contributed by atoms with Crippen LogP contribution >= 0.6 is 0 Å². The summed E-state index contributed by atoms with van der Waals surface area (Å²) in [6.45, 7) is 16.8. The molecule has 5 rings (SSSR count). The van der Waals surface area contributed by atoms with Gasteiger partial charge in [-0.3, -0.25) is 0 Å². The van der Waals surface area contributed by atoms with Crippen molar-refractivity contribution >= 4 is 0 Å². The minimum atomic E-state index is -1.53. The van der Waals surface area contributed by atoms with Crippen molar-refractivity contribution in [1.82, 2.24) is 0 Å². The van der Waals surface area contributed by atoms with Crippen molar-refractivity contribution in [3.05, 3.63) is 11.6 Å². The molecule has 5 aliphatic rings. The zero-order chi connectivity index (χ0) is 33.5. The van der Waals surface area contributed by atoms with Gasteiger partial charge in [-0.25, -0.2) is 0 Å². The lowest BCUT2D eigenvalue weighted by Gasteiger charge is -2.71. The summed E-state index contributed by atoms with van der Waals surface area (Å²) in [7, 11) is 0. The summed E-state index contributed by atoms with van der Waals surface area (Å²) < 4.78 is 12.6. The highest BCUT2D eigenvalue weighted by molar-refractivity contribution is 5.21. The van der Waals surface area contributed by atoms with Gasteiger partial charge in [0.2, 0.25) is 0 Å². The van der Waals surface area contributed by atoms with Gasteiger partial charge in [0.1, 0.15) is 24.4 Å². The summed E-state index contributed by atoms with van der Waals surface area (Å²) in [6, 6.07) is 0. The Balaban J connectivity index is 1.50. The Morgan fingerprint density at radius 3 is 2.13 bits per heavy atom. The van der Waals surface area contributed by atoms with Crippen molar-refractivity contribution in [3.63, 3.8) is 0 Å². The van der Waals surface area contributed by atoms with E-state index in [1.165, 1.54) is 5.57 Å². The second-order valence-corrected chi connectivity index (χ2v) is 17.4. The molecule has 0 radical (unpaired) electrons. The van der Waals surface area contributed by atoms with Crippen LogP contribution in [0.4, 0.5) is 0 Å². The van der Waals surface area contributed by atoms with Gasteiger partial charge in [0.25, 0.3) is 0 Å². The molecule has 260 valence electrons. The fourth-order valence-corrected chi connectivity index (χ4v) is 12.0. The third kappa shape index (κ3) is 5.39. The average molecular weight is 639 g/mol. The van der Waals surface area contributed by atoms with Crippen LogP contribution in [0.2, 0.25) is 0 Å². The van der Waals surface area contributed by atoms with Crippen molar-refractivity contribution in [1.29, 1.82) is 0 Å². The molecule has 0 spiro atoms. The molecule has 45 heavy (non-hydrogen) atoms. The van der Waals surface area contributed by atoms with Crippen LogP contribution < -0.4 is 0 Å². The van der Waals surface area contributed by atoms with Crippen molar-refractivity contribution in [2.24, 2.45) is 45.3 Å². The van der Waals surface area contributed by atoms with Crippen LogP contribution in [0.1, 0.15) is 107 Å². The first-order valence-corrected chi connectivity index (χ1v) is 17.4. The summed E-state index contributed by atoms with van der Waals surface area (Å²) in [5, 5.41) is 76.1. The van der Waals surface area contributed by atoms with E-state index in [2.05, 4.69) is 40.7 Å². The van der Waals surface area contributed by atoms with Gasteiger partial charge in [-0.15, -0.1) is 0 Å². The summed E-state index contributed by atoms with van der Waals surface area (Å²) in [6.07, 6.45) is -0.682. The quantitative estimate of drug-likeness (QED) is 0.208. The predicted molar refractivity (Wildman–Crippen MR) is 170 cm³/mol. The summed E-state index contributed by atoms with van der Waals surface area (Å²) >= 11 is 0. The minimum absolute atomic E-state index is 0.0751. The standard InChI is InChI=1S/C36H62O9/c1-19(2)10-9-13-36(8,45-31-29(42)28(41)27(40)23(18-37)44-31)20-11-14-35(7)26(20)21(38)16-25-33(5)17-22(39)30(43)32(3,4)24(33)12-15-34(25,35)6/h10,20-31,37-43H,9,11-18H2,1-8H3/t20-,21+,22+,23+,24-,25+,26-,27+,28-,29+,30-,31-,33-,34+,35+,36-/m0/s1. The van der Waals surface area contributed by atoms with Gasteiger partial charge in [0, 0.05) is 0 Å². The minimum Gasteiger partial charge on any atom is -0.394 e. The molecule has 4 aliphatic carbocycles. The third-order valence-electron chi connectivity index (χ3n) is 14.5. The molecule has 9 heteroatoms. The predicted octanol–water partition coefficient (Wildman–Crippen LogP) is 3.30. The summed E-state index contributed by atoms with van der Waals surface area (Å²) in [5.41, 5.74) is -0.670. The lowest BCUT2D eigenvalue weighted by atomic mass is 9.35. The number of fused-ring (bicyclic) bond motifs is 5. The summed E-state index contributed by atoms with van der Waals surface area (Å²) in [4.78, 5) is 0. The van der Waals surface area contributed by atoms with E-state index in [4.69, 9.17) is 9.47 Å². The van der Waals surface area contributed by atoms with Gasteiger partial charge in [-0.05, 0) is 117 Å². The molecule has 7 N–H and O–H groups in total. The van der Waals surface area contributed by atoms with Crippen molar-refractivity contribution in [2.75, 3.05) is 6.61 Å². The van der Waals surface area contributed by atoms with Gasteiger partial charge in [-0.1, -0.05) is 46.3 Å². The van der Waals surface area contributed by atoms with Crippen LogP contribution in [0, 0.1) is 45.3 Å². The van der Waals surface area contributed by atoms with Crippen LogP contribution in [0.5, 0.6) is 0 Å². The molecule has 16 atom stereocenters. The molecule has 1 saturated heterocycles. The number of aliphatic hydroxyl groups excluding tert-OH is 7. The van der Waals surface area contributed by atoms with Crippen molar-refractivity contribution in [2.45, 2.75) is 161 Å². The fraction of sp³-hybridized carbons (Fsp3) is 0.944. The molecular weight excluding hydrogens is 576 g/mol. The van der Waals surface area contributed by atoms with E-state index < -0.39 is 66.6 Å². The highest BCUT2D eigenvalue weighted by atomic mass is 16.7. The van der Waals surface area contributed by atoms with E-state index in [0.29, 0.717) is 19.3 Å². The van der Waals surface area contributed by atoms with E-state index in [9.17, 15) is 35.7 Å². The Labute approximate surface area is 270 Å².